The van der Waals surface area contributed by atoms with Gasteiger partial charge in [0.05, 0.1) is 18.0 Å². The molecule has 0 saturated carbocycles. The highest BCUT2D eigenvalue weighted by Crippen LogP contribution is 2.48. The van der Waals surface area contributed by atoms with E-state index in [9.17, 15) is 24.3 Å². The Morgan fingerprint density at radius 1 is 1.26 bits per heavy atom. The van der Waals surface area contributed by atoms with E-state index in [1.54, 1.807) is 6.92 Å². The quantitative estimate of drug-likeness (QED) is 0.269. The molecule has 0 bridgehead atoms. The number of carboxylic acid groups (broad SMARTS) is 1. The number of tetrazole rings is 1. The number of likely N-dealkylation sites (tertiary alicyclic amines) is 1. The lowest BCUT2D eigenvalue weighted by Gasteiger charge is -2.46. The minimum atomic E-state index is -1.13. The lowest BCUT2D eigenvalue weighted by atomic mass is 9.82. The number of fused-ring (bicyclic) bond motifs is 2. The molecular formula is C24H33N9O5S. The first-order valence-corrected chi connectivity index (χ1v) is 14.4. The molecule has 4 saturated heterocycles. The zero-order valence-corrected chi connectivity index (χ0v) is 22.5. The van der Waals surface area contributed by atoms with Gasteiger partial charge in [0, 0.05) is 41.7 Å². The lowest BCUT2D eigenvalue weighted by molar-refractivity contribution is -0.157. The highest BCUT2D eigenvalue weighted by atomic mass is 32.2. The number of aliphatic carboxylic acids is 1. The summed E-state index contributed by atoms with van der Waals surface area (Å²) in [5, 5.41) is 30.3. The number of carboxylic acids is 1. The van der Waals surface area contributed by atoms with Crippen LogP contribution in [0.15, 0.2) is 16.9 Å². The molecule has 4 N–H and O–H groups in total. The molecule has 3 amide bonds. The highest BCUT2D eigenvalue weighted by molar-refractivity contribution is 8.03. The van der Waals surface area contributed by atoms with Gasteiger partial charge in [-0.3, -0.25) is 14.4 Å². The molecule has 5 aliphatic rings. The van der Waals surface area contributed by atoms with Crippen molar-refractivity contribution in [3.63, 3.8) is 0 Å². The third-order valence-electron chi connectivity index (χ3n) is 8.68. The van der Waals surface area contributed by atoms with Gasteiger partial charge < -0.3 is 30.9 Å². The van der Waals surface area contributed by atoms with E-state index in [-0.39, 0.29) is 47.3 Å². The van der Waals surface area contributed by atoms with E-state index >= 15 is 0 Å². The van der Waals surface area contributed by atoms with Crippen LogP contribution in [0, 0.1) is 11.8 Å². The predicted molar refractivity (Wildman–Crippen MR) is 138 cm³/mol. The van der Waals surface area contributed by atoms with Crippen molar-refractivity contribution in [1.29, 1.82) is 0 Å². The second-order valence-corrected chi connectivity index (χ2v) is 12.4. The van der Waals surface area contributed by atoms with Crippen LogP contribution in [0.4, 0.5) is 0 Å². The number of rotatable bonds is 8. The van der Waals surface area contributed by atoms with Crippen molar-refractivity contribution in [2.24, 2.45) is 11.8 Å². The molecule has 39 heavy (non-hydrogen) atoms. The number of carbonyl (C=O) groups is 4. The summed E-state index contributed by atoms with van der Waals surface area (Å²) in [6.45, 7) is 4.99. The molecule has 2 unspecified atom stereocenters. The van der Waals surface area contributed by atoms with Gasteiger partial charge in [0.2, 0.25) is 17.7 Å². The molecule has 0 spiro atoms. The summed E-state index contributed by atoms with van der Waals surface area (Å²) < 4.78 is 1.29. The number of nitrogens with one attached hydrogen (secondary N) is 3. The third-order valence-corrected chi connectivity index (χ3v) is 10.0. The summed E-state index contributed by atoms with van der Waals surface area (Å²) >= 11 is 1.47. The van der Waals surface area contributed by atoms with Crippen LogP contribution in [0.1, 0.15) is 32.6 Å². The second-order valence-electron chi connectivity index (χ2n) is 11.0. The summed E-state index contributed by atoms with van der Waals surface area (Å²) in [6, 6.07) is -0.752. The fourth-order valence-corrected chi connectivity index (χ4v) is 8.32. The van der Waals surface area contributed by atoms with Gasteiger partial charge in [-0.05, 0) is 55.6 Å². The van der Waals surface area contributed by atoms with Crippen LogP contribution in [0.3, 0.4) is 0 Å². The van der Waals surface area contributed by atoms with Crippen molar-refractivity contribution in [1.82, 2.24) is 46.0 Å². The Balaban J connectivity index is 1.06. The number of amides is 3. The van der Waals surface area contributed by atoms with Gasteiger partial charge in [0.1, 0.15) is 18.6 Å². The zero-order chi connectivity index (χ0) is 27.3. The molecule has 7 atom stereocenters. The summed E-state index contributed by atoms with van der Waals surface area (Å²) in [4.78, 5) is 55.1. The number of carbonyl (C=O) groups excluding carboxylic acids is 3. The zero-order valence-electron chi connectivity index (χ0n) is 21.7. The second kappa shape index (κ2) is 10.5. The minimum absolute atomic E-state index is 0.0327. The summed E-state index contributed by atoms with van der Waals surface area (Å²) in [5.41, 5.74) is 0.0327. The molecule has 1 aromatic heterocycles. The molecule has 0 aliphatic carbocycles. The first kappa shape index (κ1) is 26.2. The largest absolute Gasteiger partial charge is 0.477 e. The number of β-lactam (4-membered cyclic amide) rings is 1. The van der Waals surface area contributed by atoms with Gasteiger partial charge in [0.25, 0.3) is 0 Å². The smallest absolute Gasteiger partial charge is 0.353 e. The molecule has 210 valence electrons. The highest BCUT2D eigenvalue weighted by Gasteiger charge is 2.57. The summed E-state index contributed by atoms with van der Waals surface area (Å²) in [5.74, 6) is -1.60. The molecule has 0 aromatic carbocycles. The van der Waals surface area contributed by atoms with Gasteiger partial charge in [-0.15, -0.1) is 16.9 Å². The molecular weight excluding hydrogens is 526 g/mol. The standard InChI is InChI=1S/C24H33N9O5S/c1-12(28-19(34)10-31-11-27-29-30-31)20-17-7-18(21(24(37)38)33(17)23(20)36)39-14-6-15(26-9-14)22(35)32-5-3-13-8-25-4-2-16(13)32/h11-17,20,25-26H,2-10H2,1H3,(H,28,34)(H,37,38)/t12-,13?,14+,15+,16?,17-,20-/m1/s1. The van der Waals surface area contributed by atoms with Gasteiger partial charge in [-0.2, -0.15) is 0 Å². The van der Waals surface area contributed by atoms with Crippen molar-refractivity contribution in [2.75, 3.05) is 26.2 Å². The number of piperidine rings is 1. The molecule has 1 aromatic rings. The Morgan fingerprint density at radius 3 is 2.87 bits per heavy atom. The van der Waals surface area contributed by atoms with Crippen LogP contribution in [0.25, 0.3) is 0 Å². The summed E-state index contributed by atoms with van der Waals surface area (Å²) in [6.07, 6.45) is 4.39. The molecule has 6 heterocycles. The number of hydrogen-bond donors (Lipinski definition) is 4. The Kier molecular flexibility index (Phi) is 7.05. The SMILES string of the molecule is C[C@@H](NC(=O)Cn1cnnn1)[C@H]1C(=O)N2C(C(=O)O)=C(S[C@@H]3CN[C@H](C(=O)N4CCC5CNCCC54)C3)C[C@H]12. The molecule has 14 nitrogen and oxygen atoms in total. The van der Waals surface area contributed by atoms with Gasteiger partial charge in [-0.1, -0.05) is 0 Å². The van der Waals surface area contributed by atoms with Crippen molar-refractivity contribution in [2.45, 2.75) is 68.6 Å². The van der Waals surface area contributed by atoms with Crippen LogP contribution in [-0.2, 0) is 25.7 Å². The monoisotopic (exact) mass is 559 g/mol. The van der Waals surface area contributed by atoms with Crippen LogP contribution in [-0.4, -0.2) is 114 Å². The van der Waals surface area contributed by atoms with Crippen LogP contribution in [0.5, 0.6) is 0 Å². The predicted octanol–water partition coefficient (Wildman–Crippen LogP) is -1.62. The summed E-state index contributed by atoms with van der Waals surface area (Å²) in [7, 11) is 0. The maximum atomic E-state index is 13.3. The molecule has 5 aliphatic heterocycles. The topological polar surface area (TPSA) is 175 Å². The first-order chi connectivity index (χ1) is 18.8. The van der Waals surface area contributed by atoms with Crippen molar-refractivity contribution in [3.8, 4) is 0 Å². The van der Waals surface area contributed by atoms with E-state index in [1.165, 1.54) is 27.7 Å². The Labute approximate surface area is 229 Å². The van der Waals surface area contributed by atoms with E-state index in [4.69, 9.17) is 0 Å². The van der Waals surface area contributed by atoms with E-state index < -0.39 is 17.9 Å². The van der Waals surface area contributed by atoms with Crippen LogP contribution in [0.2, 0.25) is 0 Å². The first-order valence-electron chi connectivity index (χ1n) is 13.5. The minimum Gasteiger partial charge on any atom is -0.477 e. The normalized spacial score (nSPS) is 32.6. The number of nitrogens with zero attached hydrogens (tertiary/aromatic N) is 6. The number of thioether (sulfide) groups is 1. The lowest BCUT2D eigenvalue weighted by Crippen LogP contribution is -2.64. The molecule has 15 heteroatoms. The van der Waals surface area contributed by atoms with Crippen molar-refractivity contribution < 1.29 is 24.3 Å². The Morgan fingerprint density at radius 2 is 2.10 bits per heavy atom. The van der Waals surface area contributed by atoms with E-state index in [2.05, 4.69) is 36.4 Å². The average Bonchev–Trinajstić information content (AvgIpc) is 3.70. The molecule has 6 rings (SSSR count). The van der Waals surface area contributed by atoms with Crippen LogP contribution >= 0.6 is 11.8 Å². The fraction of sp³-hybridized carbons (Fsp3) is 0.708. The Hall–Kier alpha value is -3.04. The fourth-order valence-electron chi connectivity index (χ4n) is 6.89. The Bertz CT molecular complexity index is 1190. The molecule has 4 fully saturated rings. The van der Waals surface area contributed by atoms with Gasteiger partial charge in [0.15, 0.2) is 0 Å². The van der Waals surface area contributed by atoms with Gasteiger partial charge >= 0.3 is 5.97 Å². The maximum absolute atomic E-state index is 13.3. The van der Waals surface area contributed by atoms with E-state index in [1.807, 2.05) is 0 Å². The van der Waals surface area contributed by atoms with Crippen molar-refractivity contribution >= 4 is 35.5 Å². The van der Waals surface area contributed by atoms with Gasteiger partial charge in [-0.25, -0.2) is 9.48 Å². The third kappa shape index (κ3) is 4.80. The van der Waals surface area contributed by atoms with E-state index in [0.717, 1.165) is 32.5 Å². The number of hydrogen-bond acceptors (Lipinski definition) is 10. The molecule has 0 radical (unpaired) electrons. The van der Waals surface area contributed by atoms with E-state index in [0.29, 0.717) is 36.3 Å². The van der Waals surface area contributed by atoms with Crippen molar-refractivity contribution in [3.05, 3.63) is 16.9 Å². The number of aromatic nitrogens is 4. The maximum Gasteiger partial charge on any atom is 0.353 e. The average molecular weight is 560 g/mol. The van der Waals surface area contributed by atoms with Crippen LogP contribution < -0.4 is 16.0 Å².